The van der Waals surface area contributed by atoms with Gasteiger partial charge in [-0.2, -0.15) is 0 Å². The Labute approximate surface area is 161 Å². The van der Waals surface area contributed by atoms with Crippen LogP contribution >= 0.6 is 12.2 Å². The van der Waals surface area contributed by atoms with Crippen molar-refractivity contribution in [2.75, 3.05) is 13.2 Å². The van der Waals surface area contributed by atoms with Gasteiger partial charge in [-0.15, -0.1) is 0 Å². The van der Waals surface area contributed by atoms with Gasteiger partial charge in [0.15, 0.2) is 22.4 Å². The molecule has 1 aliphatic rings. The number of rotatable bonds is 9. The van der Waals surface area contributed by atoms with Gasteiger partial charge >= 0.3 is 0 Å². The number of hydrogen-bond acceptors (Lipinski definition) is 4. The Morgan fingerprint density at radius 2 is 1.96 bits per heavy atom. The fraction of sp³-hybridized carbons (Fsp3) is 0.500. The Hall–Kier alpha value is -2.08. The molecular weight excluding hydrogens is 348 g/mol. The van der Waals surface area contributed by atoms with Gasteiger partial charge in [-0.25, -0.2) is 0 Å². The van der Waals surface area contributed by atoms with E-state index in [0.717, 1.165) is 36.3 Å². The van der Waals surface area contributed by atoms with Crippen molar-refractivity contribution in [3.8, 4) is 11.5 Å². The number of carbonyl (C=O) groups excluding carboxylic acids is 1. The first-order valence-electron chi connectivity index (χ1n) is 9.16. The predicted octanol–water partition coefficient (Wildman–Crippen LogP) is 4.04. The summed E-state index contributed by atoms with van der Waals surface area (Å²) < 4.78 is 11.7. The van der Waals surface area contributed by atoms with Crippen LogP contribution in [0.2, 0.25) is 0 Å². The molecule has 26 heavy (non-hydrogen) atoms. The average Bonchev–Trinajstić information content (AvgIpc) is 2.58. The lowest BCUT2D eigenvalue weighted by atomic mass is 9.93. The number of nitrogens with one attached hydrogen (secondary N) is 2. The number of thiocarbonyl (C=S) groups is 1. The minimum atomic E-state index is -0.297. The van der Waals surface area contributed by atoms with Crippen LogP contribution < -0.4 is 20.1 Å². The van der Waals surface area contributed by atoms with Gasteiger partial charge in [0.1, 0.15) is 0 Å². The number of Topliss-reactive ketones (excluding diaryl/α,β-unsaturated/α-hetero) is 1. The van der Waals surface area contributed by atoms with Crippen molar-refractivity contribution >= 4 is 23.1 Å². The zero-order valence-electron chi connectivity index (χ0n) is 16.0. The summed E-state index contributed by atoms with van der Waals surface area (Å²) in [5.74, 6) is 1.43. The standard InChI is InChI=1S/C20H28N2O3S/c1-5-7-8-11-25-16-10-9-15(12-17(16)24-6-2)19-18(14(4)23)13(3)21-20(26)22-19/h9-10,12,19H,5-8,11H2,1-4H3,(H2,21,22,26). The fourth-order valence-electron chi connectivity index (χ4n) is 3.04. The van der Waals surface area contributed by atoms with Crippen LogP contribution in [0.15, 0.2) is 29.5 Å². The van der Waals surface area contributed by atoms with Crippen LogP contribution in [0.1, 0.15) is 58.6 Å². The third-order valence-electron chi connectivity index (χ3n) is 4.25. The van der Waals surface area contributed by atoms with Crippen LogP contribution in [0.5, 0.6) is 11.5 Å². The van der Waals surface area contributed by atoms with E-state index in [-0.39, 0.29) is 11.8 Å². The molecule has 1 heterocycles. The number of carbonyl (C=O) groups is 1. The summed E-state index contributed by atoms with van der Waals surface area (Å²) >= 11 is 5.27. The summed E-state index contributed by atoms with van der Waals surface area (Å²) in [6, 6.07) is 5.50. The summed E-state index contributed by atoms with van der Waals surface area (Å²) in [5.41, 5.74) is 2.38. The highest BCUT2D eigenvalue weighted by Gasteiger charge is 2.28. The van der Waals surface area contributed by atoms with Gasteiger partial charge in [-0.1, -0.05) is 25.8 Å². The summed E-state index contributed by atoms with van der Waals surface area (Å²) in [7, 11) is 0. The molecule has 0 saturated heterocycles. The monoisotopic (exact) mass is 376 g/mol. The summed E-state index contributed by atoms with van der Waals surface area (Å²) in [4.78, 5) is 12.1. The molecule has 2 rings (SSSR count). The molecule has 2 N–H and O–H groups in total. The molecule has 0 amide bonds. The van der Waals surface area contributed by atoms with Gasteiger partial charge in [0.05, 0.1) is 19.3 Å². The zero-order chi connectivity index (χ0) is 19.1. The molecule has 0 aliphatic carbocycles. The van der Waals surface area contributed by atoms with Gasteiger partial charge in [0, 0.05) is 11.3 Å². The van der Waals surface area contributed by atoms with E-state index in [9.17, 15) is 4.79 Å². The summed E-state index contributed by atoms with van der Waals surface area (Å²) in [6.45, 7) is 8.75. The van der Waals surface area contributed by atoms with Crippen molar-refractivity contribution in [1.82, 2.24) is 10.6 Å². The maximum absolute atomic E-state index is 12.1. The quantitative estimate of drug-likeness (QED) is 0.501. The lowest BCUT2D eigenvalue weighted by Crippen LogP contribution is -2.44. The molecule has 1 aromatic rings. The molecule has 5 nitrogen and oxygen atoms in total. The zero-order valence-corrected chi connectivity index (χ0v) is 16.8. The second kappa shape index (κ2) is 9.57. The number of benzene rings is 1. The Kier molecular flexibility index (Phi) is 7.45. The highest BCUT2D eigenvalue weighted by atomic mass is 32.1. The minimum absolute atomic E-state index is 0.00727. The maximum atomic E-state index is 12.1. The summed E-state index contributed by atoms with van der Waals surface area (Å²) in [6.07, 6.45) is 3.32. The molecule has 6 heteroatoms. The molecule has 0 radical (unpaired) electrons. The second-order valence-electron chi connectivity index (χ2n) is 6.32. The van der Waals surface area contributed by atoms with E-state index in [0.29, 0.717) is 29.6 Å². The van der Waals surface area contributed by atoms with Gasteiger partial charge in [0.2, 0.25) is 0 Å². The highest BCUT2D eigenvalue weighted by Crippen LogP contribution is 2.34. The third kappa shape index (κ3) is 4.97. The Bertz CT molecular complexity index is 700. The predicted molar refractivity (Wildman–Crippen MR) is 108 cm³/mol. The molecule has 1 aromatic carbocycles. The first-order chi connectivity index (χ1) is 12.5. The van der Waals surface area contributed by atoms with Crippen molar-refractivity contribution in [3.63, 3.8) is 0 Å². The van der Waals surface area contributed by atoms with Crippen LogP contribution in [0.25, 0.3) is 0 Å². The first-order valence-corrected chi connectivity index (χ1v) is 9.57. The van der Waals surface area contributed by atoms with Crippen LogP contribution in [-0.4, -0.2) is 24.1 Å². The lowest BCUT2D eigenvalue weighted by Gasteiger charge is -2.30. The maximum Gasteiger partial charge on any atom is 0.171 e. The molecule has 0 aromatic heterocycles. The molecule has 0 bridgehead atoms. The van der Waals surface area contributed by atoms with E-state index in [1.54, 1.807) is 6.92 Å². The van der Waals surface area contributed by atoms with Crippen LogP contribution in [-0.2, 0) is 4.79 Å². The van der Waals surface area contributed by atoms with Crippen molar-refractivity contribution < 1.29 is 14.3 Å². The topological polar surface area (TPSA) is 59.6 Å². The van der Waals surface area contributed by atoms with Crippen LogP contribution in [0.4, 0.5) is 0 Å². The summed E-state index contributed by atoms with van der Waals surface area (Å²) in [5, 5.41) is 6.72. The fourth-order valence-corrected chi connectivity index (χ4v) is 3.31. The Morgan fingerprint density at radius 3 is 2.62 bits per heavy atom. The molecule has 1 atom stereocenters. The van der Waals surface area contributed by atoms with Crippen LogP contribution in [0.3, 0.4) is 0 Å². The highest BCUT2D eigenvalue weighted by molar-refractivity contribution is 7.80. The van der Waals surface area contributed by atoms with Crippen LogP contribution in [0, 0.1) is 0 Å². The van der Waals surface area contributed by atoms with Gasteiger partial charge < -0.3 is 20.1 Å². The molecule has 1 unspecified atom stereocenters. The number of ketones is 1. The molecule has 0 saturated carbocycles. The SMILES string of the molecule is CCCCCOc1ccc(C2NC(=S)NC(C)=C2C(C)=O)cc1OCC. The van der Waals surface area contributed by atoms with E-state index in [1.807, 2.05) is 32.0 Å². The molecule has 1 aliphatic heterocycles. The normalized spacial score (nSPS) is 16.8. The smallest absolute Gasteiger partial charge is 0.171 e. The van der Waals surface area contributed by atoms with E-state index < -0.39 is 0 Å². The molecular formula is C20H28N2O3S. The Balaban J connectivity index is 2.31. The lowest BCUT2D eigenvalue weighted by molar-refractivity contribution is -0.114. The third-order valence-corrected chi connectivity index (χ3v) is 4.47. The van der Waals surface area contributed by atoms with Crippen molar-refractivity contribution in [2.24, 2.45) is 0 Å². The Morgan fingerprint density at radius 1 is 1.19 bits per heavy atom. The number of unbranched alkanes of at least 4 members (excludes halogenated alkanes) is 2. The first kappa shape index (κ1) is 20.2. The van der Waals surface area contributed by atoms with E-state index in [4.69, 9.17) is 21.7 Å². The van der Waals surface area contributed by atoms with E-state index in [2.05, 4.69) is 17.6 Å². The van der Waals surface area contributed by atoms with E-state index in [1.165, 1.54) is 0 Å². The van der Waals surface area contributed by atoms with Gasteiger partial charge in [0.25, 0.3) is 0 Å². The minimum Gasteiger partial charge on any atom is -0.490 e. The largest absolute Gasteiger partial charge is 0.490 e. The molecule has 0 fully saturated rings. The van der Waals surface area contributed by atoms with Gasteiger partial charge in [-0.3, -0.25) is 4.79 Å². The van der Waals surface area contributed by atoms with Crippen molar-refractivity contribution in [3.05, 3.63) is 35.0 Å². The van der Waals surface area contributed by atoms with Crippen molar-refractivity contribution in [1.29, 1.82) is 0 Å². The molecule has 0 spiro atoms. The number of ether oxygens (including phenoxy) is 2. The molecule has 142 valence electrons. The second-order valence-corrected chi connectivity index (χ2v) is 6.73. The van der Waals surface area contributed by atoms with Crippen molar-refractivity contribution in [2.45, 2.75) is 53.0 Å². The van der Waals surface area contributed by atoms with E-state index >= 15 is 0 Å². The van der Waals surface area contributed by atoms with Gasteiger partial charge in [-0.05, 0) is 57.1 Å². The number of allylic oxidation sites excluding steroid dienone is 1. The average molecular weight is 377 g/mol. The number of hydrogen-bond donors (Lipinski definition) is 2.